The molecule has 1 aromatic heterocycles. The van der Waals surface area contributed by atoms with Gasteiger partial charge in [-0.15, -0.1) is 11.3 Å². The number of nitrogens with one attached hydrogen (secondary N) is 1. The number of methoxy groups -OCH3 is 1. The SMILES string of the molecule is COC(=O)C(C)c1ccc(Nc2nc(C(F)(F)F)cs2)cc1. The number of esters is 1. The number of ether oxygens (including phenoxy) is 1. The molecular weight excluding hydrogens is 317 g/mol. The monoisotopic (exact) mass is 330 g/mol. The van der Waals surface area contributed by atoms with Gasteiger partial charge in [0.05, 0.1) is 13.0 Å². The summed E-state index contributed by atoms with van der Waals surface area (Å²) >= 11 is 0.874. The first-order valence-electron chi connectivity index (χ1n) is 6.29. The van der Waals surface area contributed by atoms with Crippen molar-refractivity contribution in [2.24, 2.45) is 0 Å². The summed E-state index contributed by atoms with van der Waals surface area (Å²) in [6.45, 7) is 1.71. The van der Waals surface area contributed by atoms with Gasteiger partial charge in [0.1, 0.15) is 0 Å². The number of benzene rings is 1. The first-order chi connectivity index (χ1) is 10.3. The van der Waals surface area contributed by atoms with Crippen molar-refractivity contribution < 1.29 is 22.7 Å². The zero-order valence-electron chi connectivity index (χ0n) is 11.8. The Balaban J connectivity index is 2.08. The summed E-state index contributed by atoms with van der Waals surface area (Å²) in [6.07, 6.45) is -4.45. The number of halogens is 3. The molecule has 0 aliphatic carbocycles. The molecular formula is C14H13F3N2O2S. The summed E-state index contributed by atoms with van der Waals surface area (Å²) < 4.78 is 42.0. The molecule has 1 unspecified atom stereocenters. The second kappa shape index (κ2) is 6.35. The number of thiazole rings is 1. The number of hydrogen-bond donors (Lipinski definition) is 1. The fourth-order valence-electron chi connectivity index (χ4n) is 1.75. The van der Waals surface area contributed by atoms with E-state index in [1.807, 2.05) is 0 Å². The zero-order valence-corrected chi connectivity index (χ0v) is 12.6. The minimum atomic E-state index is -4.45. The van der Waals surface area contributed by atoms with Crippen molar-refractivity contribution >= 4 is 28.1 Å². The number of carbonyl (C=O) groups excluding carboxylic acids is 1. The summed E-state index contributed by atoms with van der Waals surface area (Å²) in [5.41, 5.74) is 0.423. The van der Waals surface area contributed by atoms with Gasteiger partial charge in [-0.1, -0.05) is 12.1 Å². The average Bonchev–Trinajstić information content (AvgIpc) is 2.95. The average molecular weight is 330 g/mol. The molecule has 0 aliphatic heterocycles. The van der Waals surface area contributed by atoms with Crippen molar-refractivity contribution in [3.8, 4) is 0 Å². The van der Waals surface area contributed by atoms with Gasteiger partial charge in [0.25, 0.3) is 0 Å². The lowest BCUT2D eigenvalue weighted by atomic mass is 10.0. The van der Waals surface area contributed by atoms with Crippen LogP contribution in [0.2, 0.25) is 0 Å². The Morgan fingerprint density at radius 3 is 2.45 bits per heavy atom. The maximum absolute atomic E-state index is 12.5. The van der Waals surface area contributed by atoms with Gasteiger partial charge in [-0.25, -0.2) is 4.98 Å². The molecule has 0 saturated carbocycles. The number of carbonyl (C=O) groups is 1. The van der Waals surface area contributed by atoms with Gasteiger partial charge in [0.2, 0.25) is 0 Å². The Morgan fingerprint density at radius 1 is 1.32 bits per heavy atom. The van der Waals surface area contributed by atoms with Crippen LogP contribution in [0, 0.1) is 0 Å². The van der Waals surface area contributed by atoms with E-state index in [0.29, 0.717) is 5.69 Å². The van der Waals surface area contributed by atoms with E-state index in [0.717, 1.165) is 22.3 Å². The first-order valence-corrected chi connectivity index (χ1v) is 7.16. The summed E-state index contributed by atoms with van der Waals surface area (Å²) in [5, 5.41) is 3.91. The van der Waals surface area contributed by atoms with E-state index in [-0.39, 0.29) is 11.1 Å². The minimum absolute atomic E-state index is 0.154. The first kappa shape index (κ1) is 16.3. The number of anilines is 2. The Labute approximate surface area is 128 Å². The van der Waals surface area contributed by atoms with Crippen LogP contribution in [-0.4, -0.2) is 18.1 Å². The third kappa shape index (κ3) is 3.76. The summed E-state index contributed by atoms with van der Waals surface area (Å²) in [4.78, 5) is 14.9. The number of rotatable bonds is 4. The lowest BCUT2D eigenvalue weighted by Crippen LogP contribution is -2.10. The molecule has 0 saturated heterocycles. The highest BCUT2D eigenvalue weighted by molar-refractivity contribution is 7.13. The molecule has 0 radical (unpaired) electrons. The molecule has 0 spiro atoms. The van der Waals surface area contributed by atoms with E-state index < -0.39 is 17.8 Å². The van der Waals surface area contributed by atoms with Crippen molar-refractivity contribution in [3.05, 3.63) is 40.9 Å². The molecule has 0 bridgehead atoms. The van der Waals surface area contributed by atoms with Crippen LogP contribution in [-0.2, 0) is 15.7 Å². The summed E-state index contributed by atoms with van der Waals surface area (Å²) in [6, 6.07) is 6.76. The van der Waals surface area contributed by atoms with E-state index in [1.165, 1.54) is 7.11 Å². The van der Waals surface area contributed by atoms with Crippen molar-refractivity contribution in [2.75, 3.05) is 12.4 Å². The fraction of sp³-hybridized carbons (Fsp3) is 0.286. The highest BCUT2D eigenvalue weighted by atomic mass is 32.1. The van der Waals surface area contributed by atoms with Gasteiger partial charge < -0.3 is 10.1 Å². The smallest absolute Gasteiger partial charge is 0.434 e. The summed E-state index contributed by atoms with van der Waals surface area (Å²) in [7, 11) is 1.31. The number of hydrogen-bond acceptors (Lipinski definition) is 5. The van der Waals surface area contributed by atoms with E-state index in [1.54, 1.807) is 31.2 Å². The van der Waals surface area contributed by atoms with Gasteiger partial charge in [0.15, 0.2) is 10.8 Å². The highest BCUT2D eigenvalue weighted by Gasteiger charge is 2.33. The molecule has 1 aromatic carbocycles. The molecule has 118 valence electrons. The number of nitrogens with zero attached hydrogens (tertiary/aromatic N) is 1. The molecule has 1 N–H and O–H groups in total. The lowest BCUT2D eigenvalue weighted by molar-refractivity contribution is -0.142. The Morgan fingerprint density at radius 2 is 1.95 bits per heavy atom. The molecule has 4 nitrogen and oxygen atoms in total. The zero-order chi connectivity index (χ0) is 16.3. The van der Waals surface area contributed by atoms with E-state index in [4.69, 9.17) is 0 Å². The number of aromatic nitrogens is 1. The Hall–Kier alpha value is -2.09. The standard InChI is InChI=1S/C14H13F3N2O2S/c1-8(12(20)21-2)9-3-5-10(6-4-9)18-13-19-11(7-22-13)14(15,16)17/h3-8H,1-2H3,(H,18,19). The third-order valence-corrected chi connectivity index (χ3v) is 3.77. The second-order valence-corrected chi connectivity index (χ2v) is 5.39. The molecule has 0 amide bonds. The molecule has 22 heavy (non-hydrogen) atoms. The van der Waals surface area contributed by atoms with E-state index in [9.17, 15) is 18.0 Å². The predicted octanol–water partition coefficient (Wildman–Crippen LogP) is 4.18. The second-order valence-electron chi connectivity index (χ2n) is 4.53. The van der Waals surface area contributed by atoms with Crippen LogP contribution in [0.3, 0.4) is 0 Å². The molecule has 8 heteroatoms. The normalized spacial score (nSPS) is 12.8. The van der Waals surface area contributed by atoms with Crippen LogP contribution in [0.4, 0.5) is 24.0 Å². The van der Waals surface area contributed by atoms with Crippen LogP contribution >= 0.6 is 11.3 Å². The predicted molar refractivity (Wildman–Crippen MR) is 77.3 cm³/mol. The summed E-state index contributed by atoms with van der Waals surface area (Å²) in [5.74, 6) is -0.758. The highest BCUT2D eigenvalue weighted by Crippen LogP contribution is 2.32. The van der Waals surface area contributed by atoms with E-state index in [2.05, 4.69) is 15.0 Å². The van der Waals surface area contributed by atoms with Crippen molar-refractivity contribution in [3.63, 3.8) is 0 Å². The third-order valence-electron chi connectivity index (χ3n) is 3.01. The Bertz CT molecular complexity index is 653. The topological polar surface area (TPSA) is 51.2 Å². The van der Waals surface area contributed by atoms with E-state index >= 15 is 0 Å². The molecule has 1 atom stereocenters. The fourth-order valence-corrected chi connectivity index (χ4v) is 2.49. The molecule has 0 aliphatic rings. The number of alkyl halides is 3. The molecule has 2 aromatic rings. The van der Waals surface area contributed by atoms with Crippen LogP contribution in [0.5, 0.6) is 0 Å². The van der Waals surface area contributed by atoms with Gasteiger partial charge >= 0.3 is 12.1 Å². The molecule has 0 fully saturated rings. The maximum Gasteiger partial charge on any atom is 0.434 e. The van der Waals surface area contributed by atoms with Crippen LogP contribution in [0.25, 0.3) is 0 Å². The largest absolute Gasteiger partial charge is 0.469 e. The van der Waals surface area contributed by atoms with Gasteiger partial charge in [-0.2, -0.15) is 13.2 Å². The molecule has 2 rings (SSSR count). The van der Waals surface area contributed by atoms with Crippen LogP contribution < -0.4 is 5.32 Å². The van der Waals surface area contributed by atoms with Gasteiger partial charge in [-0.3, -0.25) is 4.79 Å². The molecule has 1 heterocycles. The van der Waals surface area contributed by atoms with Gasteiger partial charge in [-0.05, 0) is 24.6 Å². The minimum Gasteiger partial charge on any atom is -0.469 e. The van der Waals surface area contributed by atoms with Crippen molar-refractivity contribution in [1.82, 2.24) is 4.98 Å². The van der Waals surface area contributed by atoms with Crippen molar-refractivity contribution in [2.45, 2.75) is 19.0 Å². The quantitative estimate of drug-likeness (QED) is 0.855. The van der Waals surface area contributed by atoms with Crippen LogP contribution in [0.15, 0.2) is 29.6 Å². The van der Waals surface area contributed by atoms with Crippen LogP contribution in [0.1, 0.15) is 24.1 Å². The maximum atomic E-state index is 12.5. The van der Waals surface area contributed by atoms with Crippen molar-refractivity contribution in [1.29, 1.82) is 0 Å². The van der Waals surface area contributed by atoms with Gasteiger partial charge in [0, 0.05) is 11.1 Å². The lowest BCUT2D eigenvalue weighted by Gasteiger charge is -2.10. The Kier molecular flexibility index (Phi) is 4.70.